The van der Waals surface area contributed by atoms with Crippen LogP contribution in [0.25, 0.3) is 10.9 Å². The summed E-state index contributed by atoms with van der Waals surface area (Å²) in [6.45, 7) is 1.24. The Labute approximate surface area is 174 Å². The minimum atomic E-state index is -0.932. The second-order valence-electron chi connectivity index (χ2n) is 6.93. The summed E-state index contributed by atoms with van der Waals surface area (Å²) in [6.07, 6.45) is 0. The molecule has 5 heteroatoms. The molecule has 4 aromatic rings. The van der Waals surface area contributed by atoms with Crippen LogP contribution < -0.4 is 4.74 Å². The molecule has 0 radical (unpaired) electrons. The second-order valence-corrected chi connectivity index (χ2v) is 6.93. The topological polar surface area (TPSA) is 68.7 Å². The first kappa shape index (κ1) is 19.6. The molecule has 0 aliphatic carbocycles. The van der Waals surface area contributed by atoms with E-state index in [1.807, 2.05) is 60.7 Å². The highest BCUT2D eigenvalue weighted by Gasteiger charge is 2.04. The van der Waals surface area contributed by atoms with Gasteiger partial charge in [0.1, 0.15) is 12.4 Å². The first-order chi connectivity index (χ1) is 14.7. The molecule has 1 N–H and O–H groups in total. The number of rotatable bonds is 8. The van der Waals surface area contributed by atoms with Gasteiger partial charge in [0.25, 0.3) is 0 Å². The Kier molecular flexibility index (Phi) is 6.01. The zero-order valence-electron chi connectivity index (χ0n) is 16.3. The molecule has 5 nitrogen and oxygen atoms in total. The van der Waals surface area contributed by atoms with E-state index in [-0.39, 0.29) is 5.56 Å². The third-order valence-electron chi connectivity index (χ3n) is 4.68. The molecule has 1 aromatic heterocycles. The number of carboxylic acids is 1. The number of fused-ring (bicyclic) bond motifs is 1. The maximum Gasteiger partial charge on any atom is 0.335 e. The van der Waals surface area contributed by atoms with Crippen LogP contribution in [0.4, 0.5) is 0 Å². The quantitative estimate of drug-likeness (QED) is 0.439. The number of pyridine rings is 1. The van der Waals surface area contributed by atoms with E-state index < -0.39 is 5.97 Å². The monoisotopic (exact) mass is 399 g/mol. The van der Waals surface area contributed by atoms with Crippen LogP contribution in [0.5, 0.6) is 5.75 Å². The Morgan fingerprint density at radius 2 is 1.60 bits per heavy atom. The van der Waals surface area contributed by atoms with Crippen molar-refractivity contribution in [2.24, 2.45) is 0 Å². The lowest BCUT2D eigenvalue weighted by molar-refractivity contribution is 0.0696. The Bertz CT molecular complexity index is 1160. The predicted octanol–water partition coefficient (Wildman–Crippen LogP) is 5.23. The van der Waals surface area contributed by atoms with Crippen molar-refractivity contribution in [2.75, 3.05) is 0 Å². The van der Waals surface area contributed by atoms with E-state index in [0.29, 0.717) is 19.8 Å². The smallest absolute Gasteiger partial charge is 0.335 e. The average molecular weight is 399 g/mol. The van der Waals surface area contributed by atoms with Crippen LogP contribution in [-0.2, 0) is 24.6 Å². The van der Waals surface area contributed by atoms with Gasteiger partial charge in [-0.25, -0.2) is 9.78 Å². The molecule has 0 fully saturated rings. The summed E-state index contributed by atoms with van der Waals surface area (Å²) >= 11 is 0. The van der Waals surface area contributed by atoms with Crippen molar-refractivity contribution in [2.45, 2.75) is 19.8 Å². The van der Waals surface area contributed by atoms with Crippen molar-refractivity contribution in [3.8, 4) is 5.75 Å². The SMILES string of the molecule is O=C(O)c1ccc(COCc2cccc(OCc3ccc4ccccc4n3)c2)cc1. The van der Waals surface area contributed by atoms with E-state index in [2.05, 4.69) is 4.98 Å². The Balaban J connectivity index is 1.31. The maximum absolute atomic E-state index is 10.9. The molecule has 0 saturated heterocycles. The lowest BCUT2D eigenvalue weighted by Gasteiger charge is -2.09. The van der Waals surface area contributed by atoms with Crippen molar-refractivity contribution < 1.29 is 19.4 Å². The second kappa shape index (κ2) is 9.20. The Hall–Kier alpha value is -3.70. The minimum Gasteiger partial charge on any atom is -0.487 e. The number of hydrogen-bond donors (Lipinski definition) is 1. The largest absolute Gasteiger partial charge is 0.487 e. The molecular formula is C25H21NO4. The van der Waals surface area contributed by atoms with E-state index >= 15 is 0 Å². The van der Waals surface area contributed by atoms with Gasteiger partial charge in [-0.1, -0.05) is 48.5 Å². The van der Waals surface area contributed by atoms with Gasteiger partial charge in [0.2, 0.25) is 0 Å². The highest BCUT2D eigenvalue weighted by atomic mass is 16.5. The standard InChI is InChI=1S/C25H21NO4/c27-25(28)21-10-8-18(9-11-21)15-29-16-19-4-3-6-23(14-19)30-17-22-13-12-20-5-1-2-7-24(20)26-22/h1-14H,15-17H2,(H,27,28). The normalized spacial score (nSPS) is 10.8. The van der Waals surface area contributed by atoms with Crippen LogP contribution in [0.2, 0.25) is 0 Å². The molecule has 0 saturated carbocycles. The molecular weight excluding hydrogens is 378 g/mol. The molecule has 4 rings (SSSR count). The number of aromatic nitrogens is 1. The third-order valence-corrected chi connectivity index (χ3v) is 4.68. The summed E-state index contributed by atoms with van der Waals surface area (Å²) in [5.41, 5.74) is 4.03. The molecule has 0 spiro atoms. The Morgan fingerprint density at radius 1 is 0.800 bits per heavy atom. The van der Waals surface area contributed by atoms with E-state index in [4.69, 9.17) is 14.6 Å². The molecule has 0 aliphatic heterocycles. The number of nitrogens with zero attached hydrogens (tertiary/aromatic N) is 1. The fourth-order valence-electron chi connectivity index (χ4n) is 3.10. The number of para-hydroxylation sites is 1. The van der Waals surface area contributed by atoms with Gasteiger partial charge in [-0.05, 0) is 47.5 Å². The third kappa shape index (κ3) is 5.01. The summed E-state index contributed by atoms with van der Waals surface area (Å²) in [5.74, 6) is -0.171. The van der Waals surface area contributed by atoms with Crippen LogP contribution >= 0.6 is 0 Å². The highest BCUT2D eigenvalue weighted by Crippen LogP contribution is 2.18. The van der Waals surface area contributed by atoms with Gasteiger partial charge in [-0.3, -0.25) is 0 Å². The summed E-state index contributed by atoms with van der Waals surface area (Å²) in [6, 6.07) is 26.5. The van der Waals surface area contributed by atoms with Gasteiger partial charge in [-0.15, -0.1) is 0 Å². The van der Waals surface area contributed by atoms with Gasteiger partial charge >= 0.3 is 5.97 Å². The molecule has 1 heterocycles. The van der Waals surface area contributed by atoms with Crippen molar-refractivity contribution in [1.82, 2.24) is 4.98 Å². The first-order valence-electron chi connectivity index (χ1n) is 9.64. The number of carboxylic acid groups (broad SMARTS) is 1. The van der Waals surface area contributed by atoms with Gasteiger partial charge in [0, 0.05) is 5.39 Å². The zero-order valence-corrected chi connectivity index (χ0v) is 16.3. The van der Waals surface area contributed by atoms with Crippen molar-refractivity contribution >= 4 is 16.9 Å². The van der Waals surface area contributed by atoms with E-state index in [1.54, 1.807) is 24.3 Å². The summed E-state index contributed by atoms with van der Waals surface area (Å²) < 4.78 is 11.7. The molecule has 0 bridgehead atoms. The molecule has 30 heavy (non-hydrogen) atoms. The number of ether oxygens (including phenoxy) is 2. The lowest BCUT2D eigenvalue weighted by Crippen LogP contribution is -2.00. The van der Waals surface area contributed by atoms with Crippen LogP contribution in [0.3, 0.4) is 0 Å². The number of carbonyl (C=O) groups is 1. The number of aromatic carboxylic acids is 1. The molecule has 150 valence electrons. The van der Waals surface area contributed by atoms with Gasteiger partial charge in [0.05, 0.1) is 30.0 Å². The molecule has 0 aliphatic rings. The molecule has 0 amide bonds. The van der Waals surface area contributed by atoms with Gasteiger partial charge < -0.3 is 14.6 Å². The van der Waals surface area contributed by atoms with Crippen molar-refractivity contribution in [3.05, 3.63) is 107 Å². The van der Waals surface area contributed by atoms with Crippen molar-refractivity contribution in [3.63, 3.8) is 0 Å². The highest BCUT2D eigenvalue weighted by molar-refractivity contribution is 5.87. The predicted molar refractivity (Wildman–Crippen MR) is 114 cm³/mol. The van der Waals surface area contributed by atoms with Gasteiger partial charge in [0.15, 0.2) is 0 Å². The summed E-state index contributed by atoms with van der Waals surface area (Å²) in [5, 5.41) is 10.1. The zero-order chi connectivity index (χ0) is 20.8. The molecule has 0 unspecified atom stereocenters. The van der Waals surface area contributed by atoms with E-state index in [9.17, 15) is 4.79 Å². The van der Waals surface area contributed by atoms with Crippen LogP contribution in [0.15, 0.2) is 84.9 Å². The first-order valence-corrected chi connectivity index (χ1v) is 9.64. The summed E-state index contributed by atoms with van der Waals surface area (Å²) in [4.78, 5) is 15.5. The molecule has 3 aromatic carbocycles. The average Bonchev–Trinajstić information content (AvgIpc) is 2.78. The Morgan fingerprint density at radius 3 is 2.43 bits per heavy atom. The summed E-state index contributed by atoms with van der Waals surface area (Å²) in [7, 11) is 0. The maximum atomic E-state index is 10.9. The van der Waals surface area contributed by atoms with Crippen LogP contribution in [0.1, 0.15) is 27.2 Å². The van der Waals surface area contributed by atoms with E-state index in [0.717, 1.165) is 33.5 Å². The number of benzene rings is 3. The van der Waals surface area contributed by atoms with Gasteiger partial charge in [-0.2, -0.15) is 0 Å². The van der Waals surface area contributed by atoms with Crippen LogP contribution in [0, 0.1) is 0 Å². The van der Waals surface area contributed by atoms with Crippen molar-refractivity contribution in [1.29, 1.82) is 0 Å². The molecule has 0 atom stereocenters. The number of hydrogen-bond acceptors (Lipinski definition) is 4. The fourth-order valence-corrected chi connectivity index (χ4v) is 3.10. The van der Waals surface area contributed by atoms with Crippen LogP contribution in [-0.4, -0.2) is 16.1 Å². The fraction of sp³-hybridized carbons (Fsp3) is 0.120. The lowest BCUT2D eigenvalue weighted by atomic mass is 10.1. The van der Waals surface area contributed by atoms with E-state index in [1.165, 1.54) is 0 Å². The minimum absolute atomic E-state index is 0.268.